The molecule has 0 saturated heterocycles. The molecule has 0 saturated carbocycles. The van der Waals surface area contributed by atoms with Gasteiger partial charge in [0.1, 0.15) is 4.34 Å². The Morgan fingerprint density at radius 1 is 1.37 bits per heavy atom. The molecule has 0 spiro atoms. The minimum atomic E-state index is -3.96. The van der Waals surface area contributed by atoms with Crippen molar-refractivity contribution in [3.05, 3.63) is 14.7 Å². The van der Waals surface area contributed by atoms with Crippen molar-refractivity contribution in [2.24, 2.45) is 0 Å². The molecule has 10 heteroatoms. The molecule has 0 unspecified atom stereocenters. The standard InChI is InChI=1S/C9H8Cl3N3O2S2/c1-2-3-15-8(5-4-6(10)18-7(5)11)13-14-9(15)19(12,16)17/h4H,2-3H2,1H3. The molecule has 19 heavy (non-hydrogen) atoms. The number of hydrogen-bond acceptors (Lipinski definition) is 5. The van der Waals surface area contributed by atoms with E-state index in [2.05, 4.69) is 10.2 Å². The van der Waals surface area contributed by atoms with E-state index in [1.165, 1.54) is 15.9 Å². The molecular formula is C9H8Cl3N3O2S2. The summed E-state index contributed by atoms with van der Waals surface area (Å²) in [4.78, 5) is 0. The molecule has 0 aromatic carbocycles. The maximum atomic E-state index is 11.4. The van der Waals surface area contributed by atoms with Gasteiger partial charge in [-0.3, -0.25) is 4.57 Å². The van der Waals surface area contributed by atoms with E-state index in [1.807, 2.05) is 6.92 Å². The molecule has 0 N–H and O–H groups in total. The van der Waals surface area contributed by atoms with Gasteiger partial charge in [0.05, 0.1) is 9.90 Å². The van der Waals surface area contributed by atoms with Crippen molar-refractivity contribution >= 4 is 54.3 Å². The lowest BCUT2D eigenvalue weighted by Crippen LogP contribution is -2.07. The second-order valence-corrected chi connectivity index (χ2v) is 8.38. The van der Waals surface area contributed by atoms with E-state index in [-0.39, 0.29) is 5.16 Å². The summed E-state index contributed by atoms with van der Waals surface area (Å²) in [7, 11) is 1.38. The Balaban J connectivity index is 2.65. The normalized spacial score (nSPS) is 12.0. The number of hydrogen-bond donors (Lipinski definition) is 0. The van der Waals surface area contributed by atoms with Crippen molar-refractivity contribution in [2.75, 3.05) is 0 Å². The first kappa shape index (κ1) is 15.1. The Kier molecular flexibility index (Phi) is 4.42. The summed E-state index contributed by atoms with van der Waals surface area (Å²) in [5.74, 6) is 0.342. The first-order valence-corrected chi connectivity index (χ1v) is 9.05. The number of aromatic nitrogens is 3. The molecule has 0 aliphatic carbocycles. The fourth-order valence-corrected chi connectivity index (χ4v) is 3.96. The third-order valence-corrected chi connectivity index (χ3v) is 4.92. The summed E-state index contributed by atoms with van der Waals surface area (Å²) in [6, 6.07) is 1.62. The Bertz CT molecular complexity index is 708. The highest BCUT2D eigenvalue weighted by Crippen LogP contribution is 2.38. The lowest BCUT2D eigenvalue weighted by atomic mass is 10.3. The van der Waals surface area contributed by atoms with Crippen molar-refractivity contribution in [3.63, 3.8) is 0 Å². The van der Waals surface area contributed by atoms with Crippen molar-refractivity contribution in [1.82, 2.24) is 14.8 Å². The zero-order valence-electron chi connectivity index (χ0n) is 9.60. The van der Waals surface area contributed by atoms with Gasteiger partial charge >= 0.3 is 0 Å². The summed E-state index contributed by atoms with van der Waals surface area (Å²) < 4.78 is 25.2. The van der Waals surface area contributed by atoms with Gasteiger partial charge in [-0.25, -0.2) is 8.42 Å². The van der Waals surface area contributed by atoms with Gasteiger partial charge in [0, 0.05) is 17.2 Å². The molecular weight excluding hydrogens is 353 g/mol. The van der Waals surface area contributed by atoms with E-state index in [9.17, 15) is 8.42 Å². The van der Waals surface area contributed by atoms with Crippen LogP contribution in [0.4, 0.5) is 0 Å². The number of nitrogens with zero attached hydrogens (tertiary/aromatic N) is 3. The maximum Gasteiger partial charge on any atom is 0.296 e. The van der Waals surface area contributed by atoms with Crippen molar-refractivity contribution in [2.45, 2.75) is 25.0 Å². The topological polar surface area (TPSA) is 64.8 Å². The Hall–Kier alpha value is -0.340. The predicted octanol–water partition coefficient (Wildman–Crippen LogP) is 3.65. The van der Waals surface area contributed by atoms with Gasteiger partial charge in [-0.05, 0) is 12.5 Å². The zero-order valence-corrected chi connectivity index (χ0v) is 13.5. The molecule has 0 bridgehead atoms. The first-order valence-electron chi connectivity index (χ1n) is 5.17. The quantitative estimate of drug-likeness (QED) is 0.781. The predicted molar refractivity (Wildman–Crippen MR) is 76.7 cm³/mol. The summed E-state index contributed by atoms with van der Waals surface area (Å²) in [5.41, 5.74) is 0.546. The molecule has 0 radical (unpaired) electrons. The number of rotatable bonds is 4. The van der Waals surface area contributed by atoms with Crippen LogP contribution < -0.4 is 0 Å². The molecule has 2 aromatic rings. The van der Waals surface area contributed by atoms with Crippen molar-refractivity contribution in [3.8, 4) is 11.4 Å². The van der Waals surface area contributed by atoms with Gasteiger partial charge in [0.25, 0.3) is 14.2 Å². The van der Waals surface area contributed by atoms with E-state index < -0.39 is 9.05 Å². The van der Waals surface area contributed by atoms with Crippen LogP contribution in [-0.2, 0) is 15.6 Å². The van der Waals surface area contributed by atoms with Gasteiger partial charge in [0.15, 0.2) is 5.82 Å². The van der Waals surface area contributed by atoms with Crippen LogP contribution in [0.5, 0.6) is 0 Å². The van der Waals surface area contributed by atoms with Crippen LogP contribution in [0.2, 0.25) is 8.67 Å². The van der Waals surface area contributed by atoms with E-state index in [0.717, 1.165) is 0 Å². The lowest BCUT2D eigenvalue weighted by Gasteiger charge is -2.06. The van der Waals surface area contributed by atoms with Gasteiger partial charge in [-0.1, -0.05) is 30.1 Å². The van der Waals surface area contributed by atoms with E-state index in [0.29, 0.717) is 33.0 Å². The van der Waals surface area contributed by atoms with Gasteiger partial charge in [0.2, 0.25) is 0 Å². The average molecular weight is 361 g/mol. The average Bonchev–Trinajstić information content (AvgIpc) is 2.82. The second kappa shape index (κ2) is 5.57. The smallest absolute Gasteiger partial charge is 0.296 e. The maximum absolute atomic E-state index is 11.4. The SMILES string of the molecule is CCCn1c(-c2cc(Cl)sc2Cl)nnc1S(=O)(=O)Cl. The molecule has 0 fully saturated rings. The summed E-state index contributed by atoms with van der Waals surface area (Å²) in [6.07, 6.45) is 0.694. The van der Waals surface area contributed by atoms with Crippen LogP contribution in [0.3, 0.4) is 0 Å². The number of halogens is 3. The Morgan fingerprint density at radius 2 is 2.05 bits per heavy atom. The summed E-state index contributed by atoms with van der Waals surface area (Å²) in [6.45, 7) is 2.31. The molecule has 2 rings (SSSR count). The zero-order chi connectivity index (χ0) is 14.2. The van der Waals surface area contributed by atoms with Crippen LogP contribution >= 0.6 is 45.2 Å². The highest BCUT2D eigenvalue weighted by molar-refractivity contribution is 8.13. The molecule has 5 nitrogen and oxygen atoms in total. The van der Waals surface area contributed by atoms with Crippen LogP contribution in [-0.4, -0.2) is 23.2 Å². The molecule has 0 aliphatic rings. The van der Waals surface area contributed by atoms with E-state index in [4.69, 9.17) is 33.9 Å². The van der Waals surface area contributed by atoms with Crippen LogP contribution in [0.1, 0.15) is 13.3 Å². The fraction of sp³-hybridized carbons (Fsp3) is 0.333. The Labute approximate surface area is 128 Å². The fourth-order valence-electron chi connectivity index (χ4n) is 1.59. The van der Waals surface area contributed by atoms with Crippen molar-refractivity contribution < 1.29 is 8.42 Å². The molecule has 2 aromatic heterocycles. The summed E-state index contributed by atoms with van der Waals surface area (Å²) >= 11 is 13.1. The van der Waals surface area contributed by atoms with Crippen LogP contribution in [0, 0.1) is 0 Å². The Morgan fingerprint density at radius 3 is 2.53 bits per heavy atom. The number of thiophene rings is 1. The van der Waals surface area contributed by atoms with Crippen LogP contribution in [0.15, 0.2) is 11.2 Å². The van der Waals surface area contributed by atoms with Crippen LogP contribution in [0.25, 0.3) is 11.4 Å². The molecule has 104 valence electrons. The summed E-state index contributed by atoms with van der Waals surface area (Å²) in [5, 5.41) is 7.20. The highest BCUT2D eigenvalue weighted by atomic mass is 35.7. The van der Waals surface area contributed by atoms with Crippen molar-refractivity contribution in [1.29, 1.82) is 0 Å². The van der Waals surface area contributed by atoms with E-state index >= 15 is 0 Å². The van der Waals surface area contributed by atoms with E-state index in [1.54, 1.807) is 6.07 Å². The van der Waals surface area contributed by atoms with Gasteiger partial charge in [-0.15, -0.1) is 21.5 Å². The minimum absolute atomic E-state index is 0.288. The lowest BCUT2D eigenvalue weighted by molar-refractivity contribution is 0.570. The highest BCUT2D eigenvalue weighted by Gasteiger charge is 2.24. The molecule has 2 heterocycles. The molecule has 0 atom stereocenters. The second-order valence-electron chi connectivity index (χ2n) is 3.63. The molecule has 0 aliphatic heterocycles. The minimum Gasteiger partial charge on any atom is -0.297 e. The van der Waals surface area contributed by atoms with Gasteiger partial charge in [-0.2, -0.15) is 0 Å². The third kappa shape index (κ3) is 3.05. The first-order chi connectivity index (χ1) is 8.84. The third-order valence-electron chi connectivity index (χ3n) is 2.28. The molecule has 0 amide bonds. The monoisotopic (exact) mass is 359 g/mol. The van der Waals surface area contributed by atoms with Gasteiger partial charge < -0.3 is 0 Å². The largest absolute Gasteiger partial charge is 0.297 e.